The van der Waals surface area contributed by atoms with Crippen LogP contribution in [-0.2, 0) is 4.79 Å². The fraction of sp³-hybridized carbons (Fsp3) is 0.929. The molecular formula is C14H26N2O2. The summed E-state index contributed by atoms with van der Waals surface area (Å²) in [6.45, 7) is 1.44. The summed E-state index contributed by atoms with van der Waals surface area (Å²) in [6.07, 6.45) is 7.59. The van der Waals surface area contributed by atoms with Gasteiger partial charge in [-0.15, -0.1) is 0 Å². The minimum absolute atomic E-state index is 0.0491. The highest BCUT2D eigenvalue weighted by Gasteiger charge is 2.36. The molecule has 0 bridgehead atoms. The minimum atomic E-state index is -0.0491. The van der Waals surface area contributed by atoms with Crippen LogP contribution in [0.1, 0.15) is 44.9 Å². The highest BCUT2D eigenvalue weighted by molar-refractivity contribution is 5.79. The van der Waals surface area contributed by atoms with Gasteiger partial charge in [-0.2, -0.15) is 0 Å². The SMILES string of the molecule is NCC1CCCC1C(=O)NCC1(CO)CCCC1. The maximum Gasteiger partial charge on any atom is 0.223 e. The zero-order chi connectivity index (χ0) is 13.0. The summed E-state index contributed by atoms with van der Waals surface area (Å²) in [5.41, 5.74) is 5.66. The summed E-state index contributed by atoms with van der Waals surface area (Å²) in [7, 11) is 0. The highest BCUT2D eigenvalue weighted by Crippen LogP contribution is 2.37. The van der Waals surface area contributed by atoms with Gasteiger partial charge in [-0.25, -0.2) is 0 Å². The lowest BCUT2D eigenvalue weighted by atomic mass is 9.86. The van der Waals surface area contributed by atoms with E-state index in [0.29, 0.717) is 19.0 Å². The van der Waals surface area contributed by atoms with E-state index in [4.69, 9.17) is 5.73 Å². The summed E-state index contributed by atoms with van der Waals surface area (Å²) in [5, 5.41) is 12.6. The molecule has 0 aromatic carbocycles. The number of nitrogens with two attached hydrogens (primary N) is 1. The molecule has 0 aromatic rings. The zero-order valence-corrected chi connectivity index (χ0v) is 11.2. The molecule has 2 aliphatic carbocycles. The predicted octanol–water partition coefficient (Wildman–Crippen LogP) is 1.03. The summed E-state index contributed by atoms with van der Waals surface area (Å²) in [4.78, 5) is 12.2. The van der Waals surface area contributed by atoms with Gasteiger partial charge in [0.2, 0.25) is 5.91 Å². The first-order valence-electron chi connectivity index (χ1n) is 7.29. The standard InChI is InChI=1S/C14H26N2O2/c15-8-11-4-3-5-12(11)13(18)16-9-14(10-17)6-1-2-7-14/h11-12,17H,1-10,15H2,(H,16,18). The molecular weight excluding hydrogens is 228 g/mol. The molecule has 4 N–H and O–H groups in total. The van der Waals surface area contributed by atoms with E-state index in [1.54, 1.807) is 0 Å². The molecule has 2 aliphatic rings. The van der Waals surface area contributed by atoms with Crippen molar-refractivity contribution in [2.75, 3.05) is 19.7 Å². The lowest BCUT2D eigenvalue weighted by Gasteiger charge is -2.28. The van der Waals surface area contributed by atoms with Gasteiger partial charge in [-0.3, -0.25) is 4.79 Å². The molecule has 0 saturated heterocycles. The minimum Gasteiger partial charge on any atom is -0.396 e. The molecule has 4 nitrogen and oxygen atoms in total. The Morgan fingerprint density at radius 2 is 2.00 bits per heavy atom. The average molecular weight is 254 g/mol. The number of rotatable bonds is 5. The van der Waals surface area contributed by atoms with Crippen molar-refractivity contribution in [2.45, 2.75) is 44.9 Å². The number of amides is 1. The van der Waals surface area contributed by atoms with Crippen molar-refractivity contribution in [1.82, 2.24) is 5.32 Å². The second-order valence-electron chi connectivity index (χ2n) is 6.12. The van der Waals surface area contributed by atoms with Crippen LogP contribution in [0.25, 0.3) is 0 Å². The van der Waals surface area contributed by atoms with Crippen LogP contribution < -0.4 is 11.1 Å². The van der Waals surface area contributed by atoms with E-state index in [2.05, 4.69) is 5.32 Å². The lowest BCUT2D eigenvalue weighted by molar-refractivity contribution is -0.126. The summed E-state index contributed by atoms with van der Waals surface area (Å²) >= 11 is 0. The predicted molar refractivity (Wildman–Crippen MR) is 70.9 cm³/mol. The third-order valence-corrected chi connectivity index (χ3v) is 4.94. The zero-order valence-electron chi connectivity index (χ0n) is 11.2. The maximum atomic E-state index is 12.2. The van der Waals surface area contributed by atoms with Crippen LogP contribution in [0.4, 0.5) is 0 Å². The van der Waals surface area contributed by atoms with E-state index in [9.17, 15) is 9.90 Å². The number of hydrogen-bond acceptors (Lipinski definition) is 3. The molecule has 2 atom stereocenters. The van der Waals surface area contributed by atoms with Crippen LogP contribution in [0.2, 0.25) is 0 Å². The Balaban J connectivity index is 1.84. The van der Waals surface area contributed by atoms with Crippen molar-refractivity contribution < 1.29 is 9.90 Å². The molecule has 0 spiro atoms. The van der Waals surface area contributed by atoms with Gasteiger partial charge in [0.15, 0.2) is 0 Å². The normalized spacial score (nSPS) is 30.6. The van der Waals surface area contributed by atoms with E-state index >= 15 is 0 Å². The van der Waals surface area contributed by atoms with Gasteiger partial charge in [0.1, 0.15) is 0 Å². The third kappa shape index (κ3) is 2.86. The Kier molecular flexibility index (Phi) is 4.62. The molecule has 2 saturated carbocycles. The second-order valence-corrected chi connectivity index (χ2v) is 6.12. The van der Waals surface area contributed by atoms with Crippen LogP contribution in [0.15, 0.2) is 0 Å². The molecule has 2 unspecified atom stereocenters. The Hall–Kier alpha value is -0.610. The Labute approximate surface area is 109 Å². The molecule has 0 heterocycles. The van der Waals surface area contributed by atoms with E-state index in [1.165, 1.54) is 12.8 Å². The third-order valence-electron chi connectivity index (χ3n) is 4.94. The van der Waals surface area contributed by atoms with E-state index in [1.807, 2.05) is 0 Å². The Morgan fingerprint density at radius 3 is 2.61 bits per heavy atom. The van der Waals surface area contributed by atoms with E-state index < -0.39 is 0 Å². The van der Waals surface area contributed by atoms with E-state index in [0.717, 1.165) is 32.1 Å². The van der Waals surface area contributed by atoms with Crippen molar-refractivity contribution in [2.24, 2.45) is 23.0 Å². The molecule has 0 radical (unpaired) electrons. The fourth-order valence-corrected chi connectivity index (χ4v) is 3.59. The van der Waals surface area contributed by atoms with Crippen molar-refractivity contribution in [3.05, 3.63) is 0 Å². The molecule has 1 amide bonds. The van der Waals surface area contributed by atoms with Crippen LogP contribution in [0.3, 0.4) is 0 Å². The smallest absolute Gasteiger partial charge is 0.223 e. The summed E-state index contributed by atoms with van der Waals surface area (Å²) < 4.78 is 0. The van der Waals surface area contributed by atoms with Crippen molar-refractivity contribution in [3.63, 3.8) is 0 Å². The van der Waals surface area contributed by atoms with Gasteiger partial charge < -0.3 is 16.2 Å². The molecule has 4 heteroatoms. The average Bonchev–Trinajstić information content (AvgIpc) is 3.05. The molecule has 18 heavy (non-hydrogen) atoms. The molecule has 2 rings (SSSR count). The van der Waals surface area contributed by atoms with Gasteiger partial charge >= 0.3 is 0 Å². The highest BCUT2D eigenvalue weighted by atomic mass is 16.3. The second kappa shape index (κ2) is 6.02. The quantitative estimate of drug-likeness (QED) is 0.686. The number of aliphatic hydroxyl groups is 1. The Morgan fingerprint density at radius 1 is 1.28 bits per heavy atom. The monoisotopic (exact) mass is 254 g/mol. The molecule has 0 aliphatic heterocycles. The van der Waals surface area contributed by atoms with Crippen LogP contribution in [-0.4, -0.2) is 30.7 Å². The van der Waals surface area contributed by atoms with Crippen molar-refractivity contribution >= 4 is 5.91 Å². The number of aliphatic hydroxyl groups excluding tert-OH is 1. The molecule has 2 fully saturated rings. The van der Waals surface area contributed by atoms with Gasteiger partial charge in [0.25, 0.3) is 0 Å². The van der Waals surface area contributed by atoms with E-state index in [-0.39, 0.29) is 23.8 Å². The molecule has 104 valence electrons. The van der Waals surface area contributed by atoms with Crippen molar-refractivity contribution in [3.8, 4) is 0 Å². The number of hydrogen-bond donors (Lipinski definition) is 3. The molecule has 0 aromatic heterocycles. The first-order chi connectivity index (χ1) is 8.71. The summed E-state index contributed by atoms with van der Waals surface area (Å²) in [5.74, 6) is 0.619. The maximum absolute atomic E-state index is 12.2. The summed E-state index contributed by atoms with van der Waals surface area (Å²) in [6, 6.07) is 0. The Bertz CT molecular complexity index is 288. The fourth-order valence-electron chi connectivity index (χ4n) is 3.59. The van der Waals surface area contributed by atoms with Crippen LogP contribution in [0, 0.1) is 17.3 Å². The van der Waals surface area contributed by atoms with Gasteiger partial charge in [0.05, 0.1) is 6.61 Å². The number of nitrogens with one attached hydrogen (secondary N) is 1. The van der Waals surface area contributed by atoms with Gasteiger partial charge in [-0.1, -0.05) is 19.3 Å². The first kappa shape index (κ1) is 13.8. The van der Waals surface area contributed by atoms with Gasteiger partial charge in [-0.05, 0) is 38.1 Å². The van der Waals surface area contributed by atoms with Crippen molar-refractivity contribution in [1.29, 1.82) is 0 Å². The lowest BCUT2D eigenvalue weighted by Crippen LogP contribution is -2.42. The van der Waals surface area contributed by atoms with Gasteiger partial charge in [0, 0.05) is 17.9 Å². The first-order valence-corrected chi connectivity index (χ1v) is 7.29. The number of carbonyl (C=O) groups is 1. The van der Waals surface area contributed by atoms with Crippen LogP contribution in [0.5, 0.6) is 0 Å². The van der Waals surface area contributed by atoms with Crippen LogP contribution >= 0.6 is 0 Å². The largest absolute Gasteiger partial charge is 0.396 e. The topological polar surface area (TPSA) is 75.4 Å². The number of carbonyl (C=O) groups excluding carboxylic acids is 1.